The van der Waals surface area contributed by atoms with E-state index in [1.807, 2.05) is 6.07 Å². The molecule has 3 aromatic rings. The van der Waals surface area contributed by atoms with E-state index < -0.39 is 5.82 Å². The first-order chi connectivity index (χ1) is 16.0. The molecule has 1 aromatic heterocycles. The number of hydrogen-bond acceptors (Lipinski definition) is 7. The van der Waals surface area contributed by atoms with Crippen LogP contribution in [0.4, 0.5) is 20.7 Å². The van der Waals surface area contributed by atoms with Gasteiger partial charge in [0.05, 0.1) is 24.3 Å². The molecule has 8 nitrogen and oxygen atoms in total. The molecule has 174 valence electrons. The van der Waals surface area contributed by atoms with E-state index in [1.165, 1.54) is 18.5 Å². The summed E-state index contributed by atoms with van der Waals surface area (Å²) in [6, 6.07) is 7.95. The number of piperidine rings is 1. The maximum atomic E-state index is 13.5. The Bertz CT molecular complexity index is 1150. The monoisotopic (exact) mass is 474 g/mol. The summed E-state index contributed by atoms with van der Waals surface area (Å²) in [4.78, 5) is 22.3. The molecule has 10 heteroatoms. The number of amides is 1. The zero-order valence-electron chi connectivity index (χ0n) is 18.3. The van der Waals surface area contributed by atoms with Crippen LogP contribution in [-0.2, 0) is 4.74 Å². The van der Waals surface area contributed by atoms with Crippen LogP contribution < -0.4 is 14.8 Å². The first-order valence-electron chi connectivity index (χ1n) is 10.6. The fourth-order valence-electron chi connectivity index (χ4n) is 3.68. The van der Waals surface area contributed by atoms with Crippen molar-refractivity contribution in [3.8, 4) is 11.5 Å². The van der Waals surface area contributed by atoms with Gasteiger partial charge in [-0.15, -0.1) is 0 Å². The highest BCUT2D eigenvalue weighted by Gasteiger charge is 2.26. The number of methoxy groups -OCH3 is 1. The molecule has 0 radical (unpaired) electrons. The lowest BCUT2D eigenvalue weighted by Gasteiger charge is -2.31. The number of ether oxygens (including phenoxy) is 3. The lowest BCUT2D eigenvalue weighted by atomic mass is 10.1. The third-order valence-electron chi connectivity index (χ3n) is 5.36. The Morgan fingerprint density at radius 1 is 1.21 bits per heavy atom. The van der Waals surface area contributed by atoms with Gasteiger partial charge in [0.15, 0.2) is 11.5 Å². The van der Waals surface area contributed by atoms with Crippen LogP contribution >= 0.6 is 11.6 Å². The van der Waals surface area contributed by atoms with Crippen molar-refractivity contribution in [3.05, 3.63) is 47.5 Å². The topological polar surface area (TPSA) is 85.8 Å². The molecule has 2 aromatic carbocycles. The van der Waals surface area contributed by atoms with E-state index in [-0.39, 0.29) is 17.2 Å². The molecule has 1 aliphatic heterocycles. The Hall–Kier alpha value is -3.33. The second-order valence-corrected chi connectivity index (χ2v) is 7.91. The molecule has 0 unspecified atom stereocenters. The number of benzene rings is 2. The maximum Gasteiger partial charge on any atom is 0.409 e. The summed E-state index contributed by atoms with van der Waals surface area (Å²) in [7, 11) is 1.57. The predicted octanol–water partition coefficient (Wildman–Crippen LogP) is 5.17. The van der Waals surface area contributed by atoms with Gasteiger partial charge >= 0.3 is 6.09 Å². The van der Waals surface area contributed by atoms with Crippen LogP contribution in [0.15, 0.2) is 36.7 Å². The SMILES string of the molecule is CCOC(=O)N1CCC(Oc2cc3c(Nc4ccc(F)c(Cl)c4)ncnc3cc2OC)CC1. The Kier molecular flexibility index (Phi) is 6.98. The summed E-state index contributed by atoms with van der Waals surface area (Å²) >= 11 is 5.90. The smallest absolute Gasteiger partial charge is 0.409 e. The fraction of sp³-hybridized carbons (Fsp3) is 0.348. The van der Waals surface area contributed by atoms with Crippen molar-refractivity contribution in [2.45, 2.75) is 25.9 Å². The molecule has 1 aliphatic rings. The van der Waals surface area contributed by atoms with Crippen molar-refractivity contribution in [2.24, 2.45) is 0 Å². The Balaban J connectivity index is 1.56. The largest absolute Gasteiger partial charge is 0.493 e. The van der Waals surface area contributed by atoms with Gasteiger partial charge in [0.2, 0.25) is 0 Å². The van der Waals surface area contributed by atoms with Crippen LogP contribution in [0.2, 0.25) is 5.02 Å². The molecule has 0 bridgehead atoms. The summed E-state index contributed by atoms with van der Waals surface area (Å²) in [5.41, 5.74) is 1.24. The summed E-state index contributed by atoms with van der Waals surface area (Å²) in [5.74, 6) is 1.12. The van der Waals surface area contributed by atoms with Gasteiger partial charge in [-0.1, -0.05) is 11.6 Å². The summed E-state index contributed by atoms with van der Waals surface area (Å²) in [6.45, 7) is 3.25. The minimum Gasteiger partial charge on any atom is -0.493 e. The highest BCUT2D eigenvalue weighted by Crippen LogP contribution is 2.36. The third-order valence-corrected chi connectivity index (χ3v) is 5.65. The van der Waals surface area contributed by atoms with Gasteiger partial charge in [0, 0.05) is 43.1 Å². The summed E-state index contributed by atoms with van der Waals surface area (Å²) < 4.78 is 30.4. The van der Waals surface area contributed by atoms with E-state index >= 15 is 0 Å². The van der Waals surface area contributed by atoms with Gasteiger partial charge in [0.1, 0.15) is 24.1 Å². The van der Waals surface area contributed by atoms with E-state index in [0.29, 0.717) is 66.4 Å². The molecule has 1 fully saturated rings. The average molecular weight is 475 g/mol. The molecule has 1 saturated heterocycles. The van der Waals surface area contributed by atoms with Crippen molar-refractivity contribution in [3.63, 3.8) is 0 Å². The third kappa shape index (κ3) is 5.19. The number of carbonyl (C=O) groups excluding carboxylic acids is 1. The summed E-state index contributed by atoms with van der Waals surface area (Å²) in [6.07, 6.45) is 2.39. The summed E-state index contributed by atoms with van der Waals surface area (Å²) in [5, 5.41) is 3.88. The van der Waals surface area contributed by atoms with Crippen LogP contribution in [0.1, 0.15) is 19.8 Å². The van der Waals surface area contributed by atoms with E-state index in [0.717, 1.165) is 0 Å². The van der Waals surface area contributed by atoms with Crippen molar-refractivity contribution < 1.29 is 23.4 Å². The molecule has 33 heavy (non-hydrogen) atoms. The van der Waals surface area contributed by atoms with Crippen LogP contribution in [0, 0.1) is 5.82 Å². The highest BCUT2D eigenvalue weighted by molar-refractivity contribution is 6.31. The van der Waals surface area contributed by atoms with Crippen molar-refractivity contribution >= 4 is 40.1 Å². The van der Waals surface area contributed by atoms with E-state index in [4.69, 9.17) is 25.8 Å². The number of rotatable bonds is 6. The molecule has 0 aliphatic carbocycles. The molecule has 0 atom stereocenters. The number of nitrogens with one attached hydrogen (secondary N) is 1. The van der Waals surface area contributed by atoms with Crippen molar-refractivity contribution in [2.75, 3.05) is 32.1 Å². The van der Waals surface area contributed by atoms with Crippen LogP contribution in [-0.4, -0.2) is 53.9 Å². The molecule has 2 heterocycles. The van der Waals surface area contributed by atoms with Gasteiger partial charge in [0.25, 0.3) is 0 Å². The van der Waals surface area contributed by atoms with Gasteiger partial charge in [-0.3, -0.25) is 0 Å². The molecular formula is C23H24ClFN4O4. The number of fused-ring (bicyclic) bond motifs is 1. The fourth-order valence-corrected chi connectivity index (χ4v) is 3.86. The second kappa shape index (κ2) is 10.1. The number of anilines is 2. The number of likely N-dealkylation sites (tertiary alicyclic amines) is 1. The van der Waals surface area contributed by atoms with Crippen LogP contribution in [0.5, 0.6) is 11.5 Å². The number of halogens is 2. The quantitative estimate of drug-likeness (QED) is 0.527. The number of hydrogen-bond donors (Lipinski definition) is 1. The van der Waals surface area contributed by atoms with Crippen molar-refractivity contribution in [1.82, 2.24) is 14.9 Å². The van der Waals surface area contributed by atoms with Gasteiger partial charge < -0.3 is 24.4 Å². The molecule has 1 amide bonds. The minimum atomic E-state index is -0.496. The second-order valence-electron chi connectivity index (χ2n) is 7.50. The number of aromatic nitrogens is 2. The molecule has 0 spiro atoms. The van der Waals surface area contributed by atoms with E-state index in [9.17, 15) is 9.18 Å². The standard InChI is InChI=1S/C23H24ClFN4O4/c1-3-32-23(30)29-8-6-15(7-9-29)33-21-11-16-19(12-20(21)31-2)26-13-27-22(16)28-14-4-5-18(25)17(24)10-14/h4-5,10-13,15H,3,6-9H2,1-2H3,(H,26,27,28). The van der Waals surface area contributed by atoms with Gasteiger partial charge in [-0.25, -0.2) is 19.2 Å². The Labute approximate surface area is 195 Å². The first kappa shape index (κ1) is 22.8. The van der Waals surface area contributed by atoms with Gasteiger partial charge in [-0.2, -0.15) is 0 Å². The Morgan fingerprint density at radius 2 is 2.00 bits per heavy atom. The van der Waals surface area contributed by atoms with Crippen LogP contribution in [0.25, 0.3) is 10.9 Å². The minimum absolute atomic E-state index is 0.0122. The number of carbonyl (C=O) groups is 1. The van der Waals surface area contributed by atoms with Crippen LogP contribution in [0.3, 0.4) is 0 Å². The zero-order valence-corrected chi connectivity index (χ0v) is 19.1. The lowest BCUT2D eigenvalue weighted by Crippen LogP contribution is -2.42. The Morgan fingerprint density at radius 3 is 2.70 bits per heavy atom. The molecule has 4 rings (SSSR count). The number of nitrogens with zero attached hydrogens (tertiary/aromatic N) is 3. The van der Waals surface area contributed by atoms with Gasteiger partial charge in [-0.05, 0) is 31.2 Å². The lowest BCUT2D eigenvalue weighted by molar-refractivity contribution is 0.0694. The zero-order chi connectivity index (χ0) is 23.4. The molecular weight excluding hydrogens is 451 g/mol. The normalized spacial score (nSPS) is 14.2. The van der Waals surface area contributed by atoms with E-state index in [2.05, 4.69) is 15.3 Å². The molecule has 0 saturated carbocycles. The first-order valence-corrected chi connectivity index (χ1v) is 11.0. The predicted molar refractivity (Wildman–Crippen MR) is 123 cm³/mol. The highest BCUT2D eigenvalue weighted by atomic mass is 35.5. The molecule has 1 N–H and O–H groups in total. The van der Waals surface area contributed by atoms with Crippen molar-refractivity contribution in [1.29, 1.82) is 0 Å². The van der Waals surface area contributed by atoms with E-state index in [1.54, 1.807) is 31.1 Å². The average Bonchev–Trinajstić information content (AvgIpc) is 2.82. The maximum absolute atomic E-state index is 13.5.